The molecule has 2 aromatic carbocycles. The fourth-order valence-electron chi connectivity index (χ4n) is 2.16. The van der Waals surface area contributed by atoms with Crippen molar-refractivity contribution in [2.24, 2.45) is 0 Å². The van der Waals surface area contributed by atoms with E-state index < -0.39 is 0 Å². The molecular formula is C15H13NOS. The molecule has 0 aliphatic heterocycles. The summed E-state index contributed by atoms with van der Waals surface area (Å²) in [5.74, 6) is 0. The van der Waals surface area contributed by atoms with Gasteiger partial charge >= 0.3 is 0 Å². The monoisotopic (exact) mass is 255 g/mol. The summed E-state index contributed by atoms with van der Waals surface area (Å²) in [5.41, 5.74) is 1.23. The summed E-state index contributed by atoms with van der Waals surface area (Å²) in [7, 11) is 4.00. The van der Waals surface area contributed by atoms with Crippen LogP contribution in [0.5, 0.6) is 0 Å². The number of benzene rings is 2. The molecule has 1 aromatic heterocycles. The van der Waals surface area contributed by atoms with Gasteiger partial charge in [0, 0.05) is 29.6 Å². The molecule has 3 heteroatoms. The Morgan fingerprint density at radius 1 is 0.944 bits per heavy atom. The Hall–Kier alpha value is -1.87. The average Bonchev–Trinajstić information content (AvgIpc) is 2.38. The molecule has 0 aliphatic carbocycles. The lowest BCUT2D eigenvalue weighted by atomic mass is 10.1. The predicted octanol–water partition coefficient (Wildman–Crippen LogP) is 3.48. The van der Waals surface area contributed by atoms with Gasteiger partial charge in [0.2, 0.25) is 0 Å². The topological polar surface area (TPSA) is 20.3 Å². The van der Waals surface area contributed by atoms with Crippen LogP contribution in [0.25, 0.3) is 20.2 Å². The minimum atomic E-state index is 0.128. The van der Waals surface area contributed by atoms with Crippen LogP contribution in [0.3, 0.4) is 0 Å². The fourth-order valence-corrected chi connectivity index (χ4v) is 3.42. The summed E-state index contributed by atoms with van der Waals surface area (Å²) in [6, 6.07) is 13.7. The molecule has 0 N–H and O–H groups in total. The van der Waals surface area contributed by atoms with Gasteiger partial charge in [0.1, 0.15) is 0 Å². The molecule has 0 fully saturated rings. The fraction of sp³-hybridized carbons (Fsp3) is 0.133. The van der Waals surface area contributed by atoms with Crippen molar-refractivity contribution in [3.8, 4) is 0 Å². The van der Waals surface area contributed by atoms with Crippen LogP contribution < -0.4 is 10.3 Å². The average molecular weight is 255 g/mol. The van der Waals surface area contributed by atoms with Crippen LogP contribution in [0.4, 0.5) is 5.69 Å². The summed E-state index contributed by atoms with van der Waals surface area (Å²) < 4.78 is 2.11. The standard InChI is InChI=1S/C15H13NOS/c1-16(2)12-8-5-7-11-14(17)10-6-3-4-9-13(10)18-15(11)12/h3-9H,1-2H3. The third-order valence-corrected chi connectivity index (χ3v) is 4.27. The zero-order valence-corrected chi connectivity index (χ0v) is 11.1. The van der Waals surface area contributed by atoms with Gasteiger partial charge in [0.15, 0.2) is 5.43 Å². The second-order valence-corrected chi connectivity index (χ2v) is 5.53. The predicted molar refractivity (Wildman–Crippen MR) is 79.9 cm³/mol. The smallest absolute Gasteiger partial charge is 0.195 e. The van der Waals surface area contributed by atoms with Gasteiger partial charge in [0.05, 0.1) is 10.4 Å². The summed E-state index contributed by atoms with van der Waals surface area (Å²) in [6.07, 6.45) is 0. The third-order valence-electron chi connectivity index (χ3n) is 3.06. The van der Waals surface area contributed by atoms with Crippen molar-refractivity contribution in [2.75, 3.05) is 19.0 Å². The lowest BCUT2D eigenvalue weighted by Gasteiger charge is -2.14. The molecule has 0 atom stereocenters. The van der Waals surface area contributed by atoms with E-state index in [1.807, 2.05) is 61.5 Å². The SMILES string of the molecule is CN(C)c1cccc2c(=O)c3ccccc3sc12. The first kappa shape index (κ1) is 11.2. The summed E-state index contributed by atoms with van der Waals surface area (Å²) in [4.78, 5) is 14.5. The highest BCUT2D eigenvalue weighted by Crippen LogP contribution is 2.31. The van der Waals surface area contributed by atoms with E-state index in [0.29, 0.717) is 0 Å². The molecule has 0 amide bonds. The molecule has 0 aliphatic rings. The second kappa shape index (κ2) is 4.10. The van der Waals surface area contributed by atoms with Crippen LogP contribution in [0, 0.1) is 0 Å². The quantitative estimate of drug-likeness (QED) is 0.620. The Kier molecular flexibility index (Phi) is 2.56. The minimum absolute atomic E-state index is 0.128. The largest absolute Gasteiger partial charge is 0.377 e. The Labute approximate surface area is 109 Å². The molecule has 0 radical (unpaired) electrons. The maximum absolute atomic E-state index is 12.5. The molecule has 2 nitrogen and oxygen atoms in total. The number of hydrogen-bond donors (Lipinski definition) is 0. The highest BCUT2D eigenvalue weighted by molar-refractivity contribution is 7.25. The summed E-state index contributed by atoms with van der Waals surface area (Å²) in [6.45, 7) is 0. The minimum Gasteiger partial charge on any atom is -0.377 e. The normalized spacial score (nSPS) is 11.0. The zero-order valence-electron chi connectivity index (χ0n) is 10.3. The number of fused-ring (bicyclic) bond motifs is 2. The Morgan fingerprint density at radius 2 is 1.67 bits per heavy atom. The molecule has 1 heterocycles. The van der Waals surface area contributed by atoms with Gasteiger partial charge in [-0.3, -0.25) is 4.79 Å². The van der Waals surface area contributed by atoms with Crippen molar-refractivity contribution in [2.45, 2.75) is 0 Å². The molecule has 3 aromatic rings. The van der Waals surface area contributed by atoms with Crippen LogP contribution in [-0.2, 0) is 0 Å². The Bertz CT molecular complexity index is 789. The lowest BCUT2D eigenvalue weighted by Crippen LogP contribution is -2.10. The van der Waals surface area contributed by atoms with E-state index in [-0.39, 0.29) is 5.43 Å². The summed E-state index contributed by atoms with van der Waals surface area (Å²) >= 11 is 1.68. The van der Waals surface area contributed by atoms with Gasteiger partial charge in [-0.1, -0.05) is 18.2 Å². The van der Waals surface area contributed by atoms with E-state index in [9.17, 15) is 4.79 Å². The first-order valence-corrected chi connectivity index (χ1v) is 6.62. The van der Waals surface area contributed by atoms with Crippen LogP contribution in [0.15, 0.2) is 47.3 Å². The zero-order chi connectivity index (χ0) is 12.7. The van der Waals surface area contributed by atoms with Crippen LogP contribution in [-0.4, -0.2) is 14.1 Å². The van der Waals surface area contributed by atoms with Crippen molar-refractivity contribution in [3.05, 3.63) is 52.7 Å². The van der Waals surface area contributed by atoms with Crippen molar-refractivity contribution in [3.63, 3.8) is 0 Å². The van der Waals surface area contributed by atoms with Crippen molar-refractivity contribution in [1.82, 2.24) is 0 Å². The summed E-state index contributed by atoms with van der Waals surface area (Å²) in [5, 5.41) is 1.62. The first-order valence-electron chi connectivity index (χ1n) is 5.80. The van der Waals surface area contributed by atoms with E-state index in [4.69, 9.17) is 0 Å². The first-order chi connectivity index (χ1) is 8.68. The molecule has 0 saturated heterocycles. The molecule has 3 rings (SSSR count). The van der Waals surface area contributed by atoms with Gasteiger partial charge in [-0.25, -0.2) is 0 Å². The van der Waals surface area contributed by atoms with E-state index >= 15 is 0 Å². The Balaban J connectivity index is 2.56. The van der Waals surface area contributed by atoms with E-state index in [1.165, 1.54) is 0 Å². The number of nitrogens with zero attached hydrogens (tertiary/aromatic N) is 1. The molecule has 0 unspecified atom stereocenters. The van der Waals surface area contributed by atoms with Crippen molar-refractivity contribution in [1.29, 1.82) is 0 Å². The van der Waals surface area contributed by atoms with E-state index in [0.717, 1.165) is 25.9 Å². The maximum atomic E-state index is 12.5. The van der Waals surface area contributed by atoms with E-state index in [1.54, 1.807) is 11.3 Å². The lowest BCUT2D eigenvalue weighted by molar-refractivity contribution is 1.14. The van der Waals surface area contributed by atoms with Crippen molar-refractivity contribution < 1.29 is 0 Å². The molecule has 0 spiro atoms. The molecule has 18 heavy (non-hydrogen) atoms. The van der Waals surface area contributed by atoms with Gasteiger partial charge < -0.3 is 4.90 Å². The second-order valence-electron chi connectivity index (χ2n) is 4.48. The molecular weight excluding hydrogens is 242 g/mol. The Morgan fingerprint density at radius 3 is 2.44 bits per heavy atom. The number of anilines is 1. The molecule has 0 bridgehead atoms. The van der Waals surface area contributed by atoms with Crippen LogP contribution >= 0.6 is 11.3 Å². The van der Waals surface area contributed by atoms with Gasteiger partial charge in [-0.15, -0.1) is 11.3 Å². The highest BCUT2D eigenvalue weighted by atomic mass is 32.1. The molecule has 0 saturated carbocycles. The van der Waals surface area contributed by atoms with E-state index in [2.05, 4.69) is 0 Å². The van der Waals surface area contributed by atoms with Gasteiger partial charge in [0.25, 0.3) is 0 Å². The van der Waals surface area contributed by atoms with Gasteiger partial charge in [-0.05, 0) is 24.3 Å². The molecule has 90 valence electrons. The van der Waals surface area contributed by atoms with Gasteiger partial charge in [-0.2, -0.15) is 0 Å². The third kappa shape index (κ3) is 1.59. The maximum Gasteiger partial charge on any atom is 0.195 e. The van der Waals surface area contributed by atoms with Crippen LogP contribution in [0.2, 0.25) is 0 Å². The highest BCUT2D eigenvalue weighted by Gasteiger charge is 2.09. The van der Waals surface area contributed by atoms with Crippen LogP contribution in [0.1, 0.15) is 0 Å². The number of rotatable bonds is 1. The number of hydrogen-bond acceptors (Lipinski definition) is 3. The van der Waals surface area contributed by atoms with Crippen molar-refractivity contribution >= 4 is 37.2 Å².